The van der Waals surface area contributed by atoms with Crippen LogP contribution in [0.4, 0.5) is 0 Å². The zero-order chi connectivity index (χ0) is 13.8. The number of benzene rings is 1. The second-order valence-electron chi connectivity index (χ2n) is 4.02. The maximum atomic E-state index is 6.35. The first-order valence-corrected chi connectivity index (χ1v) is 7.55. The molecule has 5 heteroatoms. The molecule has 0 saturated heterocycles. The molecule has 0 saturated carbocycles. The van der Waals surface area contributed by atoms with Gasteiger partial charge in [-0.1, -0.05) is 36.2 Å². The van der Waals surface area contributed by atoms with Gasteiger partial charge in [0.1, 0.15) is 5.75 Å². The van der Waals surface area contributed by atoms with Crippen LogP contribution in [0.15, 0.2) is 30.3 Å². The molecule has 2 nitrogen and oxygen atoms in total. The van der Waals surface area contributed by atoms with Crippen molar-refractivity contribution in [2.45, 2.75) is 13.0 Å². The van der Waals surface area contributed by atoms with Crippen molar-refractivity contribution in [2.75, 3.05) is 13.7 Å². The summed E-state index contributed by atoms with van der Waals surface area (Å²) in [6, 6.07) is 9.73. The summed E-state index contributed by atoms with van der Waals surface area (Å²) in [4.78, 5) is 1.15. The van der Waals surface area contributed by atoms with Crippen LogP contribution in [0.5, 0.6) is 5.75 Å². The minimum absolute atomic E-state index is 0.0564. The fourth-order valence-corrected chi connectivity index (χ4v) is 3.36. The Morgan fingerprint density at radius 1 is 1.26 bits per heavy atom. The van der Waals surface area contributed by atoms with Gasteiger partial charge in [-0.2, -0.15) is 0 Å². The Morgan fingerprint density at radius 3 is 2.58 bits per heavy atom. The van der Waals surface area contributed by atoms with Crippen LogP contribution in [0.3, 0.4) is 0 Å². The van der Waals surface area contributed by atoms with E-state index in [1.807, 2.05) is 30.3 Å². The Labute approximate surface area is 127 Å². The summed E-state index contributed by atoms with van der Waals surface area (Å²) in [5.74, 6) is 0.758. The Balaban J connectivity index is 2.39. The SMILES string of the molecule is CCNC(c1ccc(Cl)s1)c1ccc(OC)cc1Cl. The van der Waals surface area contributed by atoms with Crippen molar-refractivity contribution in [3.63, 3.8) is 0 Å². The lowest BCUT2D eigenvalue weighted by Crippen LogP contribution is -2.21. The molecule has 1 unspecified atom stereocenters. The average molecular weight is 316 g/mol. The van der Waals surface area contributed by atoms with Crippen molar-refractivity contribution >= 4 is 34.5 Å². The minimum atomic E-state index is 0.0564. The van der Waals surface area contributed by atoms with Gasteiger partial charge in [0, 0.05) is 9.90 Å². The fourth-order valence-electron chi connectivity index (χ4n) is 1.92. The molecule has 1 aromatic heterocycles. The van der Waals surface area contributed by atoms with Gasteiger partial charge in [0.25, 0.3) is 0 Å². The van der Waals surface area contributed by atoms with E-state index in [2.05, 4.69) is 12.2 Å². The molecule has 0 aliphatic heterocycles. The van der Waals surface area contributed by atoms with E-state index in [9.17, 15) is 0 Å². The van der Waals surface area contributed by atoms with E-state index in [0.717, 1.165) is 27.1 Å². The number of hydrogen-bond acceptors (Lipinski definition) is 3. The highest BCUT2D eigenvalue weighted by molar-refractivity contribution is 7.16. The van der Waals surface area contributed by atoms with E-state index in [0.29, 0.717) is 5.02 Å². The van der Waals surface area contributed by atoms with Gasteiger partial charge in [-0.3, -0.25) is 0 Å². The second-order valence-corrected chi connectivity index (χ2v) is 6.17. The molecule has 0 spiro atoms. The fraction of sp³-hybridized carbons (Fsp3) is 0.286. The Bertz CT molecular complexity index is 556. The van der Waals surface area contributed by atoms with Crippen LogP contribution >= 0.6 is 34.5 Å². The highest BCUT2D eigenvalue weighted by Crippen LogP contribution is 2.35. The highest BCUT2D eigenvalue weighted by atomic mass is 35.5. The van der Waals surface area contributed by atoms with Gasteiger partial charge < -0.3 is 10.1 Å². The summed E-state index contributed by atoms with van der Waals surface area (Å²) >= 11 is 13.9. The van der Waals surface area contributed by atoms with Crippen molar-refractivity contribution in [1.29, 1.82) is 0 Å². The number of ether oxygens (including phenoxy) is 1. The first-order valence-electron chi connectivity index (χ1n) is 5.97. The van der Waals surface area contributed by atoms with Gasteiger partial charge in [-0.15, -0.1) is 11.3 Å². The molecule has 19 heavy (non-hydrogen) atoms. The molecule has 0 aliphatic carbocycles. The molecule has 0 aliphatic rings. The summed E-state index contributed by atoms with van der Waals surface area (Å²) < 4.78 is 5.96. The van der Waals surface area contributed by atoms with Crippen LogP contribution in [0.2, 0.25) is 9.36 Å². The van der Waals surface area contributed by atoms with Gasteiger partial charge in [0.15, 0.2) is 0 Å². The number of rotatable bonds is 5. The third-order valence-corrected chi connectivity index (χ3v) is 4.43. The molecule has 0 bridgehead atoms. The molecular weight excluding hydrogens is 301 g/mol. The van der Waals surface area contributed by atoms with Gasteiger partial charge >= 0.3 is 0 Å². The zero-order valence-corrected chi connectivity index (χ0v) is 13.1. The number of nitrogens with one attached hydrogen (secondary N) is 1. The molecule has 1 atom stereocenters. The molecule has 102 valence electrons. The van der Waals surface area contributed by atoms with Crippen LogP contribution in [0.25, 0.3) is 0 Å². The smallest absolute Gasteiger partial charge is 0.120 e. The molecule has 1 heterocycles. The summed E-state index contributed by atoms with van der Waals surface area (Å²) in [5.41, 5.74) is 1.03. The normalized spacial score (nSPS) is 12.4. The predicted octanol–water partition coefficient (Wildman–Crippen LogP) is 4.76. The highest BCUT2D eigenvalue weighted by Gasteiger charge is 2.18. The topological polar surface area (TPSA) is 21.3 Å². The summed E-state index contributed by atoms with van der Waals surface area (Å²) in [5, 5.41) is 4.12. The largest absolute Gasteiger partial charge is 0.497 e. The van der Waals surface area contributed by atoms with E-state index >= 15 is 0 Å². The quantitative estimate of drug-likeness (QED) is 0.858. The average Bonchev–Trinajstić information content (AvgIpc) is 2.83. The standard InChI is InChI=1S/C14H15Cl2NOS/c1-3-17-14(12-6-7-13(16)19-12)10-5-4-9(18-2)8-11(10)15/h4-8,14,17H,3H2,1-2H3. The van der Waals surface area contributed by atoms with Crippen LogP contribution in [0, 0.1) is 0 Å². The molecular formula is C14H15Cl2NOS. The van der Waals surface area contributed by atoms with Gasteiger partial charge in [-0.05, 0) is 36.4 Å². The summed E-state index contributed by atoms with van der Waals surface area (Å²) in [6.45, 7) is 2.92. The van der Waals surface area contributed by atoms with Crippen molar-refractivity contribution in [1.82, 2.24) is 5.32 Å². The maximum absolute atomic E-state index is 6.35. The summed E-state index contributed by atoms with van der Waals surface area (Å²) in [6.07, 6.45) is 0. The van der Waals surface area contributed by atoms with E-state index < -0.39 is 0 Å². The number of thiophene rings is 1. The predicted molar refractivity (Wildman–Crippen MR) is 82.9 cm³/mol. The van der Waals surface area contributed by atoms with Crippen LogP contribution in [-0.2, 0) is 0 Å². The van der Waals surface area contributed by atoms with E-state index in [4.69, 9.17) is 27.9 Å². The van der Waals surface area contributed by atoms with Crippen molar-refractivity contribution in [2.24, 2.45) is 0 Å². The van der Waals surface area contributed by atoms with Crippen molar-refractivity contribution in [3.05, 3.63) is 50.1 Å². The third kappa shape index (κ3) is 3.42. The molecule has 1 N–H and O–H groups in total. The second kappa shape index (κ2) is 6.62. The van der Waals surface area contributed by atoms with Gasteiger partial charge in [0.2, 0.25) is 0 Å². The molecule has 0 amide bonds. The third-order valence-electron chi connectivity index (χ3n) is 2.81. The van der Waals surface area contributed by atoms with E-state index in [1.54, 1.807) is 18.4 Å². The van der Waals surface area contributed by atoms with Gasteiger partial charge in [-0.25, -0.2) is 0 Å². The molecule has 2 rings (SSSR count). The monoisotopic (exact) mass is 315 g/mol. The Kier molecular flexibility index (Phi) is 5.11. The summed E-state index contributed by atoms with van der Waals surface area (Å²) in [7, 11) is 1.63. The Morgan fingerprint density at radius 2 is 2.05 bits per heavy atom. The number of hydrogen-bond donors (Lipinski definition) is 1. The number of methoxy groups -OCH3 is 1. The minimum Gasteiger partial charge on any atom is -0.497 e. The van der Waals surface area contributed by atoms with Gasteiger partial charge in [0.05, 0.1) is 17.5 Å². The molecule has 0 radical (unpaired) electrons. The first kappa shape index (κ1) is 14.7. The zero-order valence-electron chi connectivity index (χ0n) is 10.7. The van der Waals surface area contributed by atoms with Crippen LogP contribution in [0.1, 0.15) is 23.4 Å². The lowest BCUT2D eigenvalue weighted by atomic mass is 10.0. The van der Waals surface area contributed by atoms with Crippen molar-refractivity contribution < 1.29 is 4.74 Å². The van der Waals surface area contributed by atoms with Crippen molar-refractivity contribution in [3.8, 4) is 5.75 Å². The van der Waals surface area contributed by atoms with Crippen LogP contribution in [-0.4, -0.2) is 13.7 Å². The molecule has 1 aromatic carbocycles. The number of halogens is 2. The van der Waals surface area contributed by atoms with Crippen LogP contribution < -0.4 is 10.1 Å². The lowest BCUT2D eigenvalue weighted by molar-refractivity contribution is 0.414. The lowest BCUT2D eigenvalue weighted by Gasteiger charge is -2.18. The Hall–Kier alpha value is -0.740. The maximum Gasteiger partial charge on any atom is 0.120 e. The first-order chi connectivity index (χ1) is 9.15. The molecule has 0 fully saturated rings. The van der Waals surface area contributed by atoms with E-state index in [-0.39, 0.29) is 6.04 Å². The van der Waals surface area contributed by atoms with E-state index in [1.165, 1.54) is 0 Å². The molecule has 2 aromatic rings.